The molecule has 0 unspecified atom stereocenters. The van der Waals surface area contributed by atoms with E-state index in [2.05, 4.69) is 11.2 Å². The van der Waals surface area contributed by atoms with Crippen LogP contribution in [0.1, 0.15) is 11.1 Å². The minimum atomic E-state index is -4.86. The summed E-state index contributed by atoms with van der Waals surface area (Å²) in [7, 11) is 0. The molecule has 0 aliphatic heterocycles. The Bertz CT molecular complexity index is 568. The van der Waals surface area contributed by atoms with Crippen LogP contribution in [0.3, 0.4) is 0 Å². The van der Waals surface area contributed by atoms with Crippen LogP contribution < -0.4 is 0 Å². The van der Waals surface area contributed by atoms with Crippen LogP contribution in [0, 0.1) is 6.20 Å². The Morgan fingerprint density at radius 3 is 1.75 bits per heavy atom. The molecule has 20 heavy (non-hydrogen) atoms. The molecule has 1 nitrogen and oxygen atoms in total. The number of halogens is 6. The molecule has 7 heteroatoms. The Balaban J connectivity index is 2.64. The van der Waals surface area contributed by atoms with E-state index in [1.54, 1.807) is 0 Å². The maximum Gasteiger partial charge on any atom is 0.416 e. The summed E-state index contributed by atoms with van der Waals surface area (Å²) in [4.78, 5) is 3.56. The second-order valence-corrected chi connectivity index (χ2v) is 3.97. The first kappa shape index (κ1) is 14.4. The number of pyridine rings is 1. The molecule has 0 aliphatic carbocycles. The molecule has 1 heterocycles. The van der Waals surface area contributed by atoms with E-state index < -0.39 is 23.5 Å². The highest BCUT2D eigenvalue weighted by atomic mass is 19.4. The minimum Gasteiger partial charge on any atom is -0.254 e. The highest BCUT2D eigenvalue weighted by Crippen LogP contribution is 2.38. The molecule has 0 aliphatic rings. The molecular weight excluding hydrogens is 284 g/mol. The third kappa shape index (κ3) is 3.09. The summed E-state index contributed by atoms with van der Waals surface area (Å²) in [5, 5.41) is 0. The zero-order chi connectivity index (χ0) is 15.0. The van der Waals surface area contributed by atoms with Crippen molar-refractivity contribution in [2.24, 2.45) is 0 Å². The van der Waals surface area contributed by atoms with Crippen molar-refractivity contribution in [3.05, 3.63) is 53.9 Å². The summed E-state index contributed by atoms with van der Waals surface area (Å²) in [6.45, 7) is 0. The predicted octanol–water partition coefficient (Wildman–Crippen LogP) is 4.59. The SMILES string of the molecule is FC(F)(F)c1cc(-c2cc[c]nc2)cc(C(F)(F)F)c1. The Hall–Kier alpha value is -2.05. The van der Waals surface area contributed by atoms with Gasteiger partial charge in [0.25, 0.3) is 0 Å². The molecule has 0 N–H and O–H groups in total. The van der Waals surface area contributed by atoms with Crippen molar-refractivity contribution < 1.29 is 26.3 Å². The van der Waals surface area contributed by atoms with Crippen molar-refractivity contribution in [3.8, 4) is 11.1 Å². The molecule has 1 aromatic carbocycles. The van der Waals surface area contributed by atoms with E-state index in [1.165, 1.54) is 12.1 Å². The van der Waals surface area contributed by atoms with Crippen molar-refractivity contribution in [3.63, 3.8) is 0 Å². The molecule has 0 amide bonds. The van der Waals surface area contributed by atoms with E-state index in [-0.39, 0.29) is 17.2 Å². The molecule has 1 radical (unpaired) electrons. The van der Waals surface area contributed by atoms with Crippen LogP contribution in [0.15, 0.2) is 36.5 Å². The van der Waals surface area contributed by atoms with Gasteiger partial charge in [-0.3, -0.25) is 4.98 Å². The van der Waals surface area contributed by atoms with Gasteiger partial charge in [0.1, 0.15) is 0 Å². The van der Waals surface area contributed by atoms with Crippen LogP contribution >= 0.6 is 0 Å². The van der Waals surface area contributed by atoms with Crippen molar-refractivity contribution in [2.45, 2.75) is 12.4 Å². The van der Waals surface area contributed by atoms with E-state index in [9.17, 15) is 26.3 Å². The molecule has 0 bridgehead atoms. The maximum atomic E-state index is 12.7. The van der Waals surface area contributed by atoms with E-state index in [0.29, 0.717) is 12.1 Å². The van der Waals surface area contributed by atoms with Gasteiger partial charge in [0, 0.05) is 11.8 Å². The van der Waals surface area contributed by atoms with E-state index in [4.69, 9.17) is 0 Å². The molecule has 0 atom stereocenters. The number of rotatable bonds is 1. The first-order chi connectivity index (χ1) is 9.18. The maximum absolute atomic E-state index is 12.7. The van der Waals surface area contributed by atoms with E-state index in [1.807, 2.05) is 0 Å². The molecule has 2 aromatic rings. The first-order valence-electron chi connectivity index (χ1n) is 5.30. The molecule has 2 rings (SSSR count). The van der Waals surface area contributed by atoms with Gasteiger partial charge < -0.3 is 0 Å². The quantitative estimate of drug-likeness (QED) is 0.700. The second kappa shape index (κ2) is 4.81. The lowest BCUT2D eigenvalue weighted by atomic mass is 10.0. The van der Waals surface area contributed by atoms with Crippen molar-refractivity contribution in [1.82, 2.24) is 4.98 Å². The summed E-state index contributed by atoms with van der Waals surface area (Å²) in [6, 6.07) is 4.05. The fraction of sp³-hybridized carbons (Fsp3) is 0.154. The van der Waals surface area contributed by atoms with Crippen LogP contribution in [-0.4, -0.2) is 4.98 Å². The average molecular weight is 290 g/mol. The molecule has 0 saturated carbocycles. The fourth-order valence-corrected chi connectivity index (χ4v) is 1.61. The third-order valence-electron chi connectivity index (χ3n) is 2.54. The van der Waals surface area contributed by atoms with Crippen LogP contribution in [0.4, 0.5) is 26.3 Å². The lowest BCUT2D eigenvalue weighted by Crippen LogP contribution is -2.11. The molecule has 0 saturated heterocycles. The van der Waals surface area contributed by atoms with Gasteiger partial charge in [0.15, 0.2) is 0 Å². The zero-order valence-corrected chi connectivity index (χ0v) is 9.68. The van der Waals surface area contributed by atoms with E-state index in [0.717, 1.165) is 6.20 Å². The molecule has 0 spiro atoms. The smallest absolute Gasteiger partial charge is 0.254 e. The summed E-state index contributed by atoms with van der Waals surface area (Å²) >= 11 is 0. The van der Waals surface area contributed by atoms with Crippen molar-refractivity contribution in [1.29, 1.82) is 0 Å². The third-order valence-corrected chi connectivity index (χ3v) is 2.54. The summed E-state index contributed by atoms with van der Waals surface area (Å²) in [5.74, 6) is 0. The number of benzene rings is 1. The first-order valence-corrected chi connectivity index (χ1v) is 5.30. The largest absolute Gasteiger partial charge is 0.416 e. The fourth-order valence-electron chi connectivity index (χ4n) is 1.61. The summed E-state index contributed by atoms with van der Waals surface area (Å²) < 4.78 is 76.0. The van der Waals surface area contributed by atoms with Crippen molar-refractivity contribution in [2.75, 3.05) is 0 Å². The molecule has 105 valence electrons. The predicted molar refractivity (Wildman–Crippen MR) is 58.5 cm³/mol. The normalized spacial score (nSPS) is 12.5. The van der Waals surface area contributed by atoms with Gasteiger partial charge in [-0.15, -0.1) is 0 Å². The van der Waals surface area contributed by atoms with Crippen LogP contribution in [0.25, 0.3) is 11.1 Å². The van der Waals surface area contributed by atoms with Gasteiger partial charge in [0.05, 0.1) is 17.3 Å². The highest BCUT2D eigenvalue weighted by molar-refractivity contribution is 5.64. The second-order valence-electron chi connectivity index (χ2n) is 3.97. The van der Waals surface area contributed by atoms with Gasteiger partial charge in [-0.2, -0.15) is 26.3 Å². The Labute approximate surface area is 109 Å². The number of nitrogens with zero attached hydrogens (tertiary/aromatic N) is 1. The Kier molecular flexibility index (Phi) is 3.45. The van der Waals surface area contributed by atoms with Crippen molar-refractivity contribution >= 4 is 0 Å². The Morgan fingerprint density at radius 1 is 0.800 bits per heavy atom. The van der Waals surface area contributed by atoms with Gasteiger partial charge in [-0.25, -0.2) is 0 Å². The number of hydrogen-bond acceptors (Lipinski definition) is 1. The lowest BCUT2D eigenvalue weighted by molar-refractivity contribution is -0.143. The van der Waals surface area contributed by atoms with Gasteiger partial charge >= 0.3 is 12.4 Å². The summed E-state index contributed by atoms with van der Waals surface area (Å²) in [5.41, 5.74) is -2.75. The van der Waals surface area contributed by atoms with Gasteiger partial charge in [-0.1, -0.05) is 6.07 Å². The van der Waals surface area contributed by atoms with E-state index >= 15 is 0 Å². The topological polar surface area (TPSA) is 12.9 Å². The molecule has 0 fully saturated rings. The Morgan fingerprint density at radius 2 is 1.35 bits per heavy atom. The van der Waals surface area contributed by atoms with Crippen LogP contribution in [-0.2, 0) is 12.4 Å². The van der Waals surface area contributed by atoms with Gasteiger partial charge in [-0.05, 0) is 29.8 Å². The summed E-state index contributed by atoms with van der Waals surface area (Å²) in [6.07, 6.45) is -6.17. The lowest BCUT2D eigenvalue weighted by Gasteiger charge is -2.14. The minimum absolute atomic E-state index is 0.0893. The van der Waals surface area contributed by atoms with Crippen LogP contribution in [0.2, 0.25) is 0 Å². The monoisotopic (exact) mass is 290 g/mol. The van der Waals surface area contributed by atoms with Crippen LogP contribution in [0.5, 0.6) is 0 Å². The number of hydrogen-bond donors (Lipinski definition) is 0. The van der Waals surface area contributed by atoms with Gasteiger partial charge in [0.2, 0.25) is 0 Å². The average Bonchev–Trinajstić information content (AvgIpc) is 2.37. The zero-order valence-electron chi connectivity index (χ0n) is 9.68. The molecular formula is C13H6F6N. The number of alkyl halides is 6. The highest BCUT2D eigenvalue weighted by Gasteiger charge is 2.36. The standard InChI is InChI=1S/C13H6F6N/c14-12(15,16)10-4-9(8-2-1-3-20-7-8)5-11(6-10)13(17,18)19/h1-2,4-7H. The molecule has 1 aromatic heterocycles. The number of aromatic nitrogens is 1.